The molecule has 6 heteroatoms. The van der Waals surface area contributed by atoms with Crippen molar-refractivity contribution in [2.24, 2.45) is 11.8 Å². The first-order chi connectivity index (χ1) is 11.8. The minimum Gasteiger partial charge on any atom is -0.469 e. The van der Waals surface area contributed by atoms with Crippen LogP contribution in [0, 0.1) is 11.8 Å². The van der Waals surface area contributed by atoms with Gasteiger partial charge in [-0.1, -0.05) is 30.7 Å². The van der Waals surface area contributed by atoms with Gasteiger partial charge in [0.2, 0.25) is 0 Å². The van der Waals surface area contributed by atoms with E-state index in [0.717, 1.165) is 18.3 Å². The lowest BCUT2D eigenvalue weighted by Gasteiger charge is -2.24. The quantitative estimate of drug-likeness (QED) is 0.450. The average Bonchev–Trinajstić information content (AvgIpc) is 3.07. The Kier molecular flexibility index (Phi) is 6.41. The second kappa shape index (κ2) is 8.15. The summed E-state index contributed by atoms with van der Waals surface area (Å²) in [4.78, 5) is 24.7. The van der Waals surface area contributed by atoms with Gasteiger partial charge in [0.05, 0.1) is 13.0 Å². The molecule has 0 spiro atoms. The van der Waals surface area contributed by atoms with Gasteiger partial charge in [0.25, 0.3) is 0 Å². The van der Waals surface area contributed by atoms with Gasteiger partial charge < -0.3 is 14.0 Å². The number of esters is 1. The molecule has 2 atom stereocenters. The molecule has 2 unspecified atom stereocenters. The monoisotopic (exact) mass is 346 g/mol. The van der Waals surface area contributed by atoms with Crippen LogP contribution in [0.15, 0.2) is 24.3 Å². The summed E-state index contributed by atoms with van der Waals surface area (Å²) in [5.74, 6) is -0.897. The van der Waals surface area contributed by atoms with Gasteiger partial charge in [0, 0.05) is 24.2 Å². The van der Waals surface area contributed by atoms with Gasteiger partial charge >= 0.3 is 13.1 Å². The molecule has 1 aliphatic rings. The van der Waals surface area contributed by atoms with Crippen LogP contribution in [0.2, 0.25) is 0 Å². The van der Waals surface area contributed by atoms with Gasteiger partial charge in [0.15, 0.2) is 5.78 Å². The third-order valence-corrected chi connectivity index (χ3v) is 4.50. The molecule has 0 saturated heterocycles. The van der Waals surface area contributed by atoms with Crippen molar-refractivity contribution in [3.05, 3.63) is 29.8 Å². The largest absolute Gasteiger partial charge is 0.494 e. The maximum absolute atomic E-state index is 12.8. The Morgan fingerprint density at radius 2 is 1.64 bits per heavy atom. The number of hydrogen-bond donors (Lipinski definition) is 0. The van der Waals surface area contributed by atoms with E-state index in [1.165, 1.54) is 7.11 Å². The zero-order valence-corrected chi connectivity index (χ0v) is 15.7. The van der Waals surface area contributed by atoms with Crippen molar-refractivity contribution in [1.29, 1.82) is 0 Å². The molecule has 1 fully saturated rings. The third kappa shape index (κ3) is 4.92. The molecule has 136 valence electrons. The van der Waals surface area contributed by atoms with Gasteiger partial charge in [0.1, 0.15) is 0 Å². The number of ether oxygens (including phenoxy) is 1. The molecule has 0 aliphatic heterocycles. The van der Waals surface area contributed by atoms with Crippen molar-refractivity contribution >= 4 is 24.3 Å². The number of benzene rings is 1. The summed E-state index contributed by atoms with van der Waals surface area (Å²) >= 11 is 0. The second-order valence-corrected chi connectivity index (χ2v) is 7.45. The van der Waals surface area contributed by atoms with Gasteiger partial charge in [-0.05, 0) is 39.1 Å². The maximum Gasteiger partial charge on any atom is 0.494 e. The Morgan fingerprint density at radius 1 is 1.04 bits per heavy atom. The molecule has 25 heavy (non-hydrogen) atoms. The molecule has 5 nitrogen and oxygen atoms in total. The fraction of sp³-hybridized carbons (Fsp3) is 0.579. The Bertz CT molecular complexity index is 605. The van der Waals surface area contributed by atoms with E-state index in [4.69, 9.17) is 14.0 Å². The maximum atomic E-state index is 12.8. The normalized spacial score (nSPS) is 20.4. The second-order valence-electron chi connectivity index (χ2n) is 7.45. The molecule has 0 bridgehead atoms. The topological polar surface area (TPSA) is 61.8 Å². The smallest absolute Gasteiger partial charge is 0.469 e. The lowest BCUT2D eigenvalue weighted by atomic mass is 9.77. The summed E-state index contributed by atoms with van der Waals surface area (Å²) in [5, 5.41) is 0. The number of carbonyl (C=O) groups excluding carboxylic acids is 2. The van der Waals surface area contributed by atoms with Crippen LogP contribution >= 0.6 is 0 Å². The molecule has 0 aromatic heterocycles. The van der Waals surface area contributed by atoms with Gasteiger partial charge in [-0.2, -0.15) is 0 Å². The summed E-state index contributed by atoms with van der Waals surface area (Å²) in [6, 6.07) is 7.25. The molecule has 1 aromatic rings. The number of carbonyl (C=O) groups is 2. The molecular weight excluding hydrogens is 319 g/mol. The molecule has 2 rings (SSSR count). The number of Topliss-reactive ketones (excluding diaryl/α,β-unsaturated/α-hetero) is 1. The zero-order chi connectivity index (χ0) is 18.6. The van der Waals surface area contributed by atoms with Crippen LogP contribution < -0.4 is 5.46 Å². The Morgan fingerprint density at radius 3 is 2.16 bits per heavy atom. The lowest BCUT2D eigenvalue weighted by Crippen LogP contribution is -2.42. The molecule has 0 amide bonds. The molecule has 1 aromatic carbocycles. The molecular formula is C19H27BO5. The Labute approximate surface area is 150 Å². The van der Waals surface area contributed by atoms with Crippen molar-refractivity contribution in [2.75, 3.05) is 14.2 Å². The van der Waals surface area contributed by atoms with Gasteiger partial charge in [-0.3, -0.25) is 9.59 Å². The highest BCUT2D eigenvalue weighted by Gasteiger charge is 2.38. The lowest BCUT2D eigenvalue weighted by molar-refractivity contribution is -0.146. The SMILES string of the molecule is COB(OC(C)(C)C)c1ccc(C(=O)C2CCCC2C(=O)OC)cc1. The van der Waals surface area contributed by atoms with Crippen LogP contribution in [-0.4, -0.2) is 38.7 Å². The van der Waals surface area contributed by atoms with Crippen LogP contribution in [0.25, 0.3) is 0 Å². The predicted molar refractivity (Wildman–Crippen MR) is 96.9 cm³/mol. The van der Waals surface area contributed by atoms with E-state index in [0.29, 0.717) is 12.0 Å². The fourth-order valence-corrected chi connectivity index (χ4v) is 3.30. The van der Waals surface area contributed by atoms with Crippen LogP contribution in [0.3, 0.4) is 0 Å². The van der Waals surface area contributed by atoms with Crippen LogP contribution in [-0.2, 0) is 18.8 Å². The Balaban J connectivity index is 2.13. The van der Waals surface area contributed by atoms with Crippen LogP contribution in [0.5, 0.6) is 0 Å². The average molecular weight is 346 g/mol. The first kappa shape index (κ1) is 19.7. The highest BCUT2D eigenvalue weighted by atomic mass is 16.6. The summed E-state index contributed by atoms with van der Waals surface area (Å²) < 4.78 is 16.1. The number of rotatable bonds is 6. The van der Waals surface area contributed by atoms with Crippen LogP contribution in [0.4, 0.5) is 0 Å². The third-order valence-electron chi connectivity index (χ3n) is 4.50. The number of ketones is 1. The predicted octanol–water partition coefficient (Wildman–Crippen LogP) is 2.62. The fourth-order valence-electron chi connectivity index (χ4n) is 3.30. The zero-order valence-electron chi connectivity index (χ0n) is 15.7. The van der Waals surface area contributed by atoms with Crippen LogP contribution in [0.1, 0.15) is 50.4 Å². The van der Waals surface area contributed by atoms with E-state index >= 15 is 0 Å². The minimum absolute atomic E-state index is 0.00477. The molecule has 0 heterocycles. The molecule has 0 N–H and O–H groups in total. The molecule has 1 aliphatic carbocycles. The standard InChI is InChI=1S/C19H27BO5/c1-19(2,3)25-20(24-5)14-11-9-13(10-12-14)17(21)15-7-6-8-16(15)18(22)23-4/h9-12,15-16H,6-8H2,1-5H3. The first-order valence-corrected chi connectivity index (χ1v) is 8.69. The number of hydrogen-bond acceptors (Lipinski definition) is 5. The minimum atomic E-state index is -0.488. The van der Waals surface area contributed by atoms with Crippen molar-refractivity contribution in [2.45, 2.75) is 45.6 Å². The van der Waals surface area contributed by atoms with Crippen molar-refractivity contribution < 1.29 is 23.6 Å². The van der Waals surface area contributed by atoms with Crippen molar-refractivity contribution in [3.8, 4) is 0 Å². The van der Waals surface area contributed by atoms with E-state index in [9.17, 15) is 9.59 Å². The summed E-state index contributed by atoms with van der Waals surface area (Å²) in [6.45, 7) is 5.89. The van der Waals surface area contributed by atoms with Crippen molar-refractivity contribution in [1.82, 2.24) is 0 Å². The molecule has 1 saturated carbocycles. The highest BCUT2D eigenvalue weighted by molar-refractivity contribution is 6.61. The van der Waals surface area contributed by atoms with E-state index in [2.05, 4.69) is 0 Å². The highest BCUT2D eigenvalue weighted by Crippen LogP contribution is 2.35. The van der Waals surface area contributed by atoms with E-state index in [-0.39, 0.29) is 29.2 Å². The summed E-state index contributed by atoms with van der Waals surface area (Å²) in [7, 11) is 2.48. The summed E-state index contributed by atoms with van der Waals surface area (Å²) in [5.41, 5.74) is 1.12. The first-order valence-electron chi connectivity index (χ1n) is 8.69. The van der Waals surface area contributed by atoms with Crippen molar-refractivity contribution in [3.63, 3.8) is 0 Å². The van der Waals surface area contributed by atoms with E-state index in [1.54, 1.807) is 19.2 Å². The van der Waals surface area contributed by atoms with E-state index < -0.39 is 7.12 Å². The van der Waals surface area contributed by atoms with E-state index in [1.807, 2.05) is 32.9 Å². The Hall–Kier alpha value is -1.66. The van der Waals surface area contributed by atoms with Gasteiger partial charge in [-0.25, -0.2) is 0 Å². The number of methoxy groups -OCH3 is 1. The molecule has 0 radical (unpaired) electrons. The summed E-state index contributed by atoms with van der Waals surface area (Å²) in [6.07, 6.45) is 2.32. The van der Waals surface area contributed by atoms with Gasteiger partial charge in [-0.15, -0.1) is 0 Å².